The van der Waals surface area contributed by atoms with Gasteiger partial charge in [-0.3, -0.25) is 0 Å². The van der Waals surface area contributed by atoms with Crippen LogP contribution in [-0.4, -0.2) is 15.3 Å². The van der Waals surface area contributed by atoms with Crippen molar-refractivity contribution < 1.29 is 0 Å². The zero-order chi connectivity index (χ0) is 12.5. The van der Waals surface area contributed by atoms with Gasteiger partial charge in [-0.1, -0.05) is 36.0 Å². The Balaban J connectivity index is 1.88. The Morgan fingerprint density at radius 1 is 1.17 bits per heavy atom. The molecule has 0 atom stereocenters. The maximum Gasteiger partial charge on any atom is 0.130 e. The van der Waals surface area contributed by atoms with Crippen LogP contribution in [0.1, 0.15) is 25.7 Å². The minimum absolute atomic E-state index is 0.565. The third kappa shape index (κ3) is 2.29. The molecule has 1 saturated carbocycles. The van der Waals surface area contributed by atoms with Crippen LogP contribution in [-0.2, 0) is 0 Å². The molecule has 1 aliphatic rings. The van der Waals surface area contributed by atoms with E-state index >= 15 is 0 Å². The zero-order valence-corrected chi connectivity index (χ0v) is 12.1. The normalized spacial score (nSPS) is 16.6. The highest BCUT2D eigenvalue weighted by atomic mass is 35.5. The smallest absolute Gasteiger partial charge is 0.130 e. The summed E-state index contributed by atoms with van der Waals surface area (Å²) < 4.78 is 8.48. The monoisotopic (exact) mass is 301 g/mol. The van der Waals surface area contributed by atoms with Gasteiger partial charge in [0.25, 0.3) is 0 Å². The standard InChI is InChI=1S/C12H13Cl2N3S/c13-8-5-9(14)11-12(17-18-16-11)10(8)15-6-7-3-1-2-4-7/h5,7,15H,1-4,6H2. The maximum absolute atomic E-state index is 6.24. The first-order valence-corrected chi connectivity index (χ1v) is 7.58. The number of nitrogens with zero attached hydrogens (tertiary/aromatic N) is 2. The van der Waals surface area contributed by atoms with E-state index in [0.29, 0.717) is 10.0 Å². The van der Waals surface area contributed by atoms with Gasteiger partial charge >= 0.3 is 0 Å². The van der Waals surface area contributed by atoms with Gasteiger partial charge in [-0.05, 0) is 24.8 Å². The fourth-order valence-corrected chi connectivity index (χ4v) is 3.68. The molecule has 0 amide bonds. The van der Waals surface area contributed by atoms with Gasteiger partial charge in [-0.25, -0.2) is 0 Å². The van der Waals surface area contributed by atoms with Gasteiger partial charge in [0, 0.05) is 6.54 Å². The summed E-state index contributed by atoms with van der Waals surface area (Å²) in [6.07, 6.45) is 5.29. The molecular weight excluding hydrogens is 289 g/mol. The Labute approximate surface area is 120 Å². The molecule has 1 heterocycles. The Morgan fingerprint density at radius 2 is 1.89 bits per heavy atom. The highest BCUT2D eigenvalue weighted by Gasteiger charge is 2.18. The molecule has 1 aromatic heterocycles. The van der Waals surface area contributed by atoms with Crippen LogP contribution in [0.25, 0.3) is 11.0 Å². The van der Waals surface area contributed by atoms with Crippen LogP contribution in [0.15, 0.2) is 6.07 Å². The quantitative estimate of drug-likeness (QED) is 0.900. The van der Waals surface area contributed by atoms with E-state index in [2.05, 4.69) is 14.1 Å². The molecule has 0 spiro atoms. The lowest BCUT2D eigenvalue weighted by atomic mass is 10.1. The minimum Gasteiger partial charge on any atom is -0.382 e. The van der Waals surface area contributed by atoms with Crippen LogP contribution >= 0.6 is 34.9 Å². The van der Waals surface area contributed by atoms with E-state index in [0.717, 1.165) is 40.9 Å². The van der Waals surface area contributed by atoms with E-state index in [1.54, 1.807) is 6.07 Å². The first-order chi connectivity index (χ1) is 8.75. The summed E-state index contributed by atoms with van der Waals surface area (Å²) in [6, 6.07) is 1.74. The lowest BCUT2D eigenvalue weighted by molar-refractivity contribution is 0.580. The van der Waals surface area contributed by atoms with Gasteiger partial charge in [0.15, 0.2) is 0 Å². The summed E-state index contributed by atoms with van der Waals surface area (Å²) in [5, 5.41) is 4.61. The van der Waals surface area contributed by atoms with Gasteiger partial charge in [0.2, 0.25) is 0 Å². The van der Waals surface area contributed by atoms with Gasteiger partial charge in [0.1, 0.15) is 11.0 Å². The molecule has 0 unspecified atom stereocenters. The van der Waals surface area contributed by atoms with Crippen LogP contribution in [0.2, 0.25) is 10.0 Å². The van der Waals surface area contributed by atoms with Crippen LogP contribution in [0.4, 0.5) is 5.69 Å². The molecular formula is C12H13Cl2N3S. The van der Waals surface area contributed by atoms with Crippen LogP contribution in [0, 0.1) is 5.92 Å². The second-order valence-electron chi connectivity index (χ2n) is 4.71. The van der Waals surface area contributed by atoms with E-state index < -0.39 is 0 Å². The summed E-state index contributed by atoms with van der Waals surface area (Å²) >= 11 is 13.5. The summed E-state index contributed by atoms with van der Waals surface area (Å²) in [5.41, 5.74) is 2.40. The minimum atomic E-state index is 0.565. The van der Waals surface area contributed by atoms with Crippen molar-refractivity contribution in [1.29, 1.82) is 0 Å². The molecule has 0 bridgehead atoms. The summed E-state index contributed by atoms with van der Waals surface area (Å²) in [5.74, 6) is 0.749. The van der Waals surface area contributed by atoms with E-state index in [1.165, 1.54) is 25.7 Å². The van der Waals surface area contributed by atoms with Gasteiger partial charge in [-0.2, -0.15) is 8.75 Å². The second-order valence-corrected chi connectivity index (χ2v) is 6.05. The van der Waals surface area contributed by atoms with E-state index in [4.69, 9.17) is 23.2 Å². The molecule has 1 N–H and O–H groups in total. The molecule has 0 aliphatic heterocycles. The molecule has 1 fully saturated rings. The number of halogens is 2. The van der Waals surface area contributed by atoms with Crippen molar-refractivity contribution in [3.8, 4) is 0 Å². The molecule has 0 saturated heterocycles. The average molecular weight is 302 g/mol. The summed E-state index contributed by atoms with van der Waals surface area (Å²) in [6.45, 7) is 0.952. The number of fused-ring (bicyclic) bond motifs is 1. The molecule has 96 valence electrons. The predicted molar refractivity (Wildman–Crippen MR) is 77.9 cm³/mol. The van der Waals surface area contributed by atoms with Crippen LogP contribution in [0.5, 0.6) is 0 Å². The average Bonchev–Trinajstić information content (AvgIpc) is 2.98. The number of benzene rings is 1. The number of anilines is 1. The predicted octanol–water partition coefficient (Wildman–Crippen LogP) is 4.60. The number of aromatic nitrogens is 2. The summed E-state index contributed by atoms with van der Waals surface area (Å²) in [7, 11) is 0. The zero-order valence-electron chi connectivity index (χ0n) is 9.75. The maximum atomic E-state index is 6.24. The Morgan fingerprint density at radius 3 is 2.67 bits per heavy atom. The van der Waals surface area contributed by atoms with Gasteiger partial charge < -0.3 is 5.32 Å². The molecule has 3 rings (SSSR count). The van der Waals surface area contributed by atoms with Crippen molar-refractivity contribution in [1.82, 2.24) is 8.75 Å². The van der Waals surface area contributed by atoms with Gasteiger partial charge in [-0.15, -0.1) is 0 Å². The highest BCUT2D eigenvalue weighted by Crippen LogP contribution is 2.36. The van der Waals surface area contributed by atoms with Crippen LogP contribution < -0.4 is 5.32 Å². The Hall–Kier alpha value is -0.580. The van der Waals surface area contributed by atoms with Crippen molar-refractivity contribution in [2.45, 2.75) is 25.7 Å². The van der Waals surface area contributed by atoms with Crippen LogP contribution in [0.3, 0.4) is 0 Å². The third-order valence-corrected chi connectivity index (χ3v) is 4.60. The first-order valence-electron chi connectivity index (χ1n) is 6.10. The van der Waals surface area contributed by atoms with Crippen molar-refractivity contribution in [3.63, 3.8) is 0 Å². The lowest BCUT2D eigenvalue weighted by Crippen LogP contribution is -2.11. The van der Waals surface area contributed by atoms with Crippen molar-refractivity contribution in [3.05, 3.63) is 16.1 Å². The SMILES string of the molecule is Clc1cc(Cl)c2nsnc2c1NCC1CCCC1. The Kier molecular flexibility index (Phi) is 3.59. The molecule has 6 heteroatoms. The summed E-state index contributed by atoms with van der Waals surface area (Å²) in [4.78, 5) is 0. The molecule has 0 radical (unpaired) electrons. The van der Waals surface area contributed by atoms with Crippen molar-refractivity contribution in [2.75, 3.05) is 11.9 Å². The van der Waals surface area contributed by atoms with Crippen molar-refractivity contribution in [2.24, 2.45) is 5.92 Å². The topological polar surface area (TPSA) is 37.8 Å². The second kappa shape index (κ2) is 5.19. The molecule has 3 nitrogen and oxygen atoms in total. The number of nitrogens with one attached hydrogen (secondary N) is 1. The van der Waals surface area contributed by atoms with Gasteiger partial charge in [0.05, 0.1) is 27.5 Å². The number of rotatable bonds is 3. The highest BCUT2D eigenvalue weighted by molar-refractivity contribution is 7.00. The number of hydrogen-bond acceptors (Lipinski definition) is 4. The molecule has 18 heavy (non-hydrogen) atoms. The van der Waals surface area contributed by atoms with Crippen molar-refractivity contribution >= 4 is 51.7 Å². The fraction of sp³-hybridized carbons (Fsp3) is 0.500. The lowest BCUT2D eigenvalue weighted by Gasteiger charge is -2.13. The first kappa shape index (κ1) is 12.5. The number of hydrogen-bond donors (Lipinski definition) is 1. The van der Waals surface area contributed by atoms with E-state index in [1.807, 2.05) is 0 Å². The van der Waals surface area contributed by atoms with E-state index in [-0.39, 0.29) is 0 Å². The Bertz CT molecular complexity index is 564. The van der Waals surface area contributed by atoms with E-state index in [9.17, 15) is 0 Å². The largest absolute Gasteiger partial charge is 0.382 e. The molecule has 1 aliphatic carbocycles. The molecule has 1 aromatic carbocycles. The fourth-order valence-electron chi connectivity index (χ4n) is 2.50. The third-order valence-electron chi connectivity index (χ3n) is 3.49. The molecule has 2 aromatic rings.